The number of carbonyl (C=O) groups is 1. The summed E-state index contributed by atoms with van der Waals surface area (Å²) in [5.41, 5.74) is 6.88. The van der Waals surface area contributed by atoms with Crippen molar-refractivity contribution in [2.24, 2.45) is 0 Å². The topological polar surface area (TPSA) is 38.3 Å². The van der Waals surface area contributed by atoms with Crippen LogP contribution in [-0.2, 0) is 16.1 Å². The van der Waals surface area contributed by atoms with Gasteiger partial charge in [-0.1, -0.05) is 48.5 Å². The zero-order valence-corrected chi connectivity index (χ0v) is 11.8. The number of carbonyl (C=O) groups excluding carboxylic acids is 1. The first-order chi connectivity index (χ1) is 9.66. The molecule has 0 bridgehead atoms. The molecule has 0 saturated heterocycles. The molecule has 104 valence electrons. The Hall–Kier alpha value is -2.29. The van der Waals surface area contributed by atoms with Crippen LogP contribution >= 0.6 is 0 Å². The lowest BCUT2D eigenvalue weighted by molar-refractivity contribution is -0.140. The molecule has 0 unspecified atom stereocenters. The average molecular weight is 269 g/mol. The minimum absolute atomic E-state index is 0.253. The highest BCUT2D eigenvalue weighted by Crippen LogP contribution is 2.19. The fourth-order valence-corrected chi connectivity index (χ4v) is 2.03. The van der Waals surface area contributed by atoms with Gasteiger partial charge in [-0.05, 0) is 37.0 Å². The Kier molecular flexibility index (Phi) is 4.77. The van der Waals surface area contributed by atoms with Crippen LogP contribution in [0.15, 0.2) is 48.5 Å². The number of nitrogens with one attached hydrogen (secondary N) is 1. The van der Waals surface area contributed by atoms with Crippen molar-refractivity contribution in [1.82, 2.24) is 0 Å². The van der Waals surface area contributed by atoms with Crippen LogP contribution in [0.1, 0.15) is 23.1 Å². The Morgan fingerprint density at radius 1 is 1.00 bits per heavy atom. The Balaban J connectivity index is 1.84. The monoisotopic (exact) mass is 269 g/mol. The molecule has 0 fully saturated rings. The van der Waals surface area contributed by atoms with Crippen LogP contribution in [0.3, 0.4) is 0 Å². The number of benzene rings is 2. The van der Waals surface area contributed by atoms with Gasteiger partial charge in [0.1, 0.15) is 0 Å². The van der Waals surface area contributed by atoms with Gasteiger partial charge in [0.05, 0.1) is 12.1 Å². The first-order valence-corrected chi connectivity index (χ1v) is 6.72. The zero-order chi connectivity index (χ0) is 14.4. The van der Waals surface area contributed by atoms with Gasteiger partial charge in [-0.2, -0.15) is 0 Å². The molecule has 0 heterocycles. The van der Waals surface area contributed by atoms with E-state index in [2.05, 4.69) is 5.48 Å². The summed E-state index contributed by atoms with van der Waals surface area (Å²) in [5.74, 6) is -0.253. The predicted octanol–water partition coefficient (Wildman–Crippen LogP) is 3.81. The van der Waals surface area contributed by atoms with E-state index < -0.39 is 0 Å². The molecule has 20 heavy (non-hydrogen) atoms. The van der Waals surface area contributed by atoms with Crippen LogP contribution < -0.4 is 5.48 Å². The molecule has 3 nitrogen and oxygen atoms in total. The molecule has 2 aromatic rings. The van der Waals surface area contributed by atoms with Gasteiger partial charge < -0.3 is 4.84 Å². The van der Waals surface area contributed by atoms with Crippen molar-refractivity contribution in [2.75, 3.05) is 5.48 Å². The van der Waals surface area contributed by atoms with E-state index in [4.69, 9.17) is 4.84 Å². The molecule has 0 amide bonds. The van der Waals surface area contributed by atoms with E-state index in [1.807, 2.05) is 62.4 Å². The largest absolute Gasteiger partial charge is 0.343 e. The number of para-hydroxylation sites is 1. The smallest absolute Gasteiger partial charge is 0.332 e. The van der Waals surface area contributed by atoms with Crippen molar-refractivity contribution in [1.29, 1.82) is 0 Å². The molecule has 0 spiro atoms. The summed E-state index contributed by atoms with van der Waals surface area (Å²) in [5, 5.41) is 0. The van der Waals surface area contributed by atoms with E-state index in [1.165, 1.54) is 0 Å². The maximum Gasteiger partial charge on any atom is 0.332 e. The standard InChI is InChI=1S/C17H19NO2/c1-13-7-6-8-14(2)17(13)18-20-16(19)12-11-15-9-4-3-5-10-15/h3-10,18H,11-12H2,1-2H3. The number of hydrogen-bond acceptors (Lipinski definition) is 3. The number of anilines is 1. The Labute approximate surface area is 119 Å². The van der Waals surface area contributed by atoms with Crippen LogP contribution in [0.4, 0.5) is 5.69 Å². The first kappa shape index (κ1) is 14.1. The summed E-state index contributed by atoms with van der Waals surface area (Å²) in [6.45, 7) is 3.96. The van der Waals surface area contributed by atoms with E-state index >= 15 is 0 Å². The second-order valence-electron chi connectivity index (χ2n) is 4.83. The summed E-state index contributed by atoms with van der Waals surface area (Å²) in [6.07, 6.45) is 1.05. The van der Waals surface area contributed by atoms with Gasteiger partial charge in [0.2, 0.25) is 0 Å². The van der Waals surface area contributed by atoms with E-state index in [0.717, 1.165) is 22.4 Å². The number of rotatable bonds is 5. The highest BCUT2D eigenvalue weighted by molar-refractivity contribution is 5.71. The SMILES string of the molecule is Cc1cccc(C)c1NOC(=O)CCc1ccccc1. The third-order valence-corrected chi connectivity index (χ3v) is 3.21. The fourth-order valence-electron chi connectivity index (χ4n) is 2.03. The first-order valence-electron chi connectivity index (χ1n) is 6.72. The van der Waals surface area contributed by atoms with Gasteiger partial charge >= 0.3 is 5.97 Å². The molecule has 0 radical (unpaired) electrons. The highest BCUT2D eigenvalue weighted by atomic mass is 16.7. The number of hydrogen-bond donors (Lipinski definition) is 1. The van der Waals surface area contributed by atoms with Crippen molar-refractivity contribution in [3.8, 4) is 0 Å². The molecule has 0 atom stereocenters. The molecule has 2 aromatic carbocycles. The molecule has 0 aliphatic carbocycles. The second-order valence-corrected chi connectivity index (χ2v) is 4.83. The average Bonchev–Trinajstić information content (AvgIpc) is 2.46. The second kappa shape index (κ2) is 6.75. The van der Waals surface area contributed by atoms with Gasteiger partial charge in [0, 0.05) is 0 Å². The Morgan fingerprint density at radius 3 is 2.30 bits per heavy atom. The zero-order valence-electron chi connectivity index (χ0n) is 11.8. The minimum Gasteiger partial charge on any atom is -0.343 e. The van der Waals surface area contributed by atoms with Gasteiger partial charge in [-0.15, -0.1) is 0 Å². The van der Waals surface area contributed by atoms with E-state index in [9.17, 15) is 4.79 Å². The summed E-state index contributed by atoms with van der Waals surface area (Å²) in [4.78, 5) is 16.9. The van der Waals surface area contributed by atoms with Crippen molar-refractivity contribution in [2.45, 2.75) is 26.7 Å². The minimum atomic E-state index is -0.253. The Bertz CT molecular complexity index is 559. The molecule has 3 heteroatoms. The van der Waals surface area contributed by atoms with Crippen LogP contribution in [0.2, 0.25) is 0 Å². The predicted molar refractivity (Wildman–Crippen MR) is 80.4 cm³/mol. The van der Waals surface area contributed by atoms with Crippen molar-refractivity contribution in [3.63, 3.8) is 0 Å². The molecular formula is C17H19NO2. The summed E-state index contributed by atoms with van der Waals surface area (Å²) >= 11 is 0. The highest BCUT2D eigenvalue weighted by Gasteiger charge is 2.07. The Morgan fingerprint density at radius 2 is 1.65 bits per heavy atom. The maximum atomic E-state index is 11.7. The van der Waals surface area contributed by atoms with Gasteiger partial charge in [0.15, 0.2) is 0 Å². The maximum absolute atomic E-state index is 11.7. The molecule has 0 aliphatic rings. The molecular weight excluding hydrogens is 250 g/mol. The lowest BCUT2D eigenvalue weighted by atomic mass is 10.1. The van der Waals surface area contributed by atoms with E-state index in [-0.39, 0.29) is 5.97 Å². The summed E-state index contributed by atoms with van der Waals surface area (Å²) < 4.78 is 0. The van der Waals surface area contributed by atoms with Gasteiger partial charge in [0.25, 0.3) is 0 Å². The van der Waals surface area contributed by atoms with Crippen LogP contribution in [-0.4, -0.2) is 5.97 Å². The summed E-state index contributed by atoms with van der Waals surface area (Å²) in [7, 11) is 0. The van der Waals surface area contributed by atoms with Crippen molar-refractivity contribution < 1.29 is 9.63 Å². The molecule has 1 N–H and O–H groups in total. The van der Waals surface area contributed by atoms with Gasteiger partial charge in [-0.25, -0.2) is 10.3 Å². The molecule has 0 aromatic heterocycles. The van der Waals surface area contributed by atoms with Crippen LogP contribution in [0.5, 0.6) is 0 Å². The quantitative estimate of drug-likeness (QED) is 0.839. The third-order valence-electron chi connectivity index (χ3n) is 3.21. The number of aryl methyl sites for hydroxylation is 3. The molecule has 0 aliphatic heterocycles. The van der Waals surface area contributed by atoms with Crippen LogP contribution in [0, 0.1) is 13.8 Å². The third kappa shape index (κ3) is 3.85. The lowest BCUT2D eigenvalue weighted by Crippen LogP contribution is -2.12. The van der Waals surface area contributed by atoms with Crippen molar-refractivity contribution in [3.05, 3.63) is 65.2 Å². The molecule has 0 saturated carbocycles. The fraction of sp³-hybridized carbons (Fsp3) is 0.235. The van der Waals surface area contributed by atoms with Crippen LogP contribution in [0.25, 0.3) is 0 Å². The normalized spacial score (nSPS) is 10.1. The summed E-state index contributed by atoms with van der Waals surface area (Å²) in [6, 6.07) is 15.8. The van der Waals surface area contributed by atoms with Crippen molar-refractivity contribution >= 4 is 11.7 Å². The van der Waals surface area contributed by atoms with E-state index in [1.54, 1.807) is 0 Å². The van der Waals surface area contributed by atoms with Gasteiger partial charge in [-0.3, -0.25) is 0 Å². The van der Waals surface area contributed by atoms with E-state index in [0.29, 0.717) is 12.8 Å². The lowest BCUT2D eigenvalue weighted by Gasteiger charge is -2.11. The molecule has 2 rings (SSSR count).